The number of halogens is 2. The van der Waals surface area contributed by atoms with Gasteiger partial charge < -0.3 is 0 Å². The largest absolute Gasteiger partial charge is 0.275 e. The van der Waals surface area contributed by atoms with Crippen LogP contribution in [-0.2, 0) is 7.05 Å². The number of aryl methyl sites for hydroxylation is 2. The van der Waals surface area contributed by atoms with Gasteiger partial charge in [0.2, 0.25) is 0 Å². The van der Waals surface area contributed by atoms with E-state index in [1.807, 2.05) is 50.5 Å². The van der Waals surface area contributed by atoms with Crippen molar-refractivity contribution in [2.75, 3.05) is 0 Å². The zero-order chi connectivity index (χ0) is 15.0. The van der Waals surface area contributed by atoms with Gasteiger partial charge in [-0.15, -0.1) is 0 Å². The second-order valence-electron chi connectivity index (χ2n) is 4.67. The molecule has 3 rings (SSSR count). The van der Waals surface area contributed by atoms with Crippen molar-refractivity contribution < 1.29 is 0 Å². The Morgan fingerprint density at radius 3 is 2.48 bits per heavy atom. The number of rotatable bonds is 2. The molecule has 0 fully saturated rings. The first-order chi connectivity index (χ1) is 10.1. The molecule has 0 spiro atoms. The molecule has 2 aromatic heterocycles. The molecule has 0 N–H and O–H groups in total. The molecule has 106 valence electrons. The molecule has 0 saturated heterocycles. The summed E-state index contributed by atoms with van der Waals surface area (Å²) in [7, 11) is 1.87. The van der Waals surface area contributed by atoms with E-state index in [2.05, 4.69) is 31.0 Å². The second kappa shape index (κ2) is 5.58. The number of hydrogen-bond donors (Lipinski definition) is 0. The monoisotopic (exact) mass is 362 g/mol. The highest BCUT2D eigenvalue weighted by Crippen LogP contribution is 2.33. The van der Waals surface area contributed by atoms with Crippen LogP contribution in [0.1, 0.15) is 5.69 Å². The molecule has 6 heteroatoms. The molecule has 0 amide bonds. The average Bonchev–Trinajstić information content (AvgIpc) is 2.81. The standard InChI is InChI=1S/C15H12BrClN4/c1-9-11(8-21(2)20-9)15-18-13(12(16)14(17)19-15)10-6-4-3-5-7-10/h3-8H,1-2H3. The van der Waals surface area contributed by atoms with Crippen molar-refractivity contribution >= 4 is 27.5 Å². The van der Waals surface area contributed by atoms with Crippen LogP contribution in [0.15, 0.2) is 41.0 Å². The predicted octanol–water partition coefficient (Wildman–Crippen LogP) is 4.27. The number of benzene rings is 1. The van der Waals surface area contributed by atoms with E-state index in [1.54, 1.807) is 4.68 Å². The van der Waals surface area contributed by atoms with Crippen LogP contribution in [0.25, 0.3) is 22.6 Å². The van der Waals surface area contributed by atoms with Crippen LogP contribution in [-0.4, -0.2) is 19.7 Å². The van der Waals surface area contributed by atoms with Crippen molar-refractivity contribution in [3.63, 3.8) is 0 Å². The fourth-order valence-electron chi connectivity index (χ4n) is 2.15. The van der Waals surface area contributed by atoms with E-state index in [1.165, 1.54) is 0 Å². The summed E-state index contributed by atoms with van der Waals surface area (Å²) in [5, 5.41) is 4.71. The van der Waals surface area contributed by atoms with Crippen molar-refractivity contribution in [2.24, 2.45) is 7.05 Å². The van der Waals surface area contributed by atoms with Gasteiger partial charge >= 0.3 is 0 Å². The Labute approximate surface area is 135 Å². The van der Waals surface area contributed by atoms with Crippen molar-refractivity contribution in [1.29, 1.82) is 0 Å². The molecule has 2 heterocycles. The molecule has 21 heavy (non-hydrogen) atoms. The molecule has 1 aromatic carbocycles. The molecular weight excluding hydrogens is 352 g/mol. The van der Waals surface area contributed by atoms with Gasteiger partial charge in [0.05, 0.1) is 21.4 Å². The smallest absolute Gasteiger partial charge is 0.164 e. The van der Waals surface area contributed by atoms with Crippen molar-refractivity contribution in [2.45, 2.75) is 6.92 Å². The minimum Gasteiger partial charge on any atom is -0.275 e. The van der Waals surface area contributed by atoms with Crippen LogP contribution in [0.5, 0.6) is 0 Å². The highest BCUT2D eigenvalue weighted by atomic mass is 79.9. The number of hydrogen-bond acceptors (Lipinski definition) is 3. The van der Waals surface area contributed by atoms with Gasteiger partial charge in [-0.2, -0.15) is 5.10 Å². The third-order valence-electron chi connectivity index (χ3n) is 3.11. The Balaban J connectivity index is 2.21. The summed E-state index contributed by atoms with van der Waals surface area (Å²) in [4.78, 5) is 9.01. The van der Waals surface area contributed by atoms with E-state index < -0.39 is 0 Å². The Hall–Kier alpha value is -1.72. The summed E-state index contributed by atoms with van der Waals surface area (Å²) in [5.41, 5.74) is 3.50. The maximum atomic E-state index is 6.25. The molecule has 0 saturated carbocycles. The first-order valence-electron chi connectivity index (χ1n) is 6.35. The Bertz CT molecular complexity index is 799. The molecule has 0 aliphatic rings. The van der Waals surface area contributed by atoms with Crippen LogP contribution in [0, 0.1) is 6.92 Å². The maximum absolute atomic E-state index is 6.25. The van der Waals surface area contributed by atoms with Crippen LogP contribution in [0.4, 0.5) is 0 Å². The summed E-state index contributed by atoms with van der Waals surface area (Å²) in [6.07, 6.45) is 1.89. The van der Waals surface area contributed by atoms with Crippen LogP contribution >= 0.6 is 27.5 Å². The summed E-state index contributed by atoms with van der Waals surface area (Å²) in [6.45, 7) is 1.93. The van der Waals surface area contributed by atoms with Gasteiger partial charge in [-0.05, 0) is 22.9 Å². The SMILES string of the molecule is Cc1nn(C)cc1-c1nc(Cl)c(Br)c(-c2ccccc2)n1. The van der Waals surface area contributed by atoms with Gasteiger partial charge in [-0.1, -0.05) is 41.9 Å². The van der Waals surface area contributed by atoms with Gasteiger partial charge in [-0.3, -0.25) is 4.68 Å². The lowest BCUT2D eigenvalue weighted by Crippen LogP contribution is -1.95. The molecule has 0 unspecified atom stereocenters. The third kappa shape index (κ3) is 2.71. The van der Waals surface area contributed by atoms with E-state index in [-0.39, 0.29) is 0 Å². The highest BCUT2D eigenvalue weighted by molar-refractivity contribution is 9.10. The van der Waals surface area contributed by atoms with E-state index in [0.717, 1.165) is 22.5 Å². The average molecular weight is 364 g/mol. The third-order valence-corrected chi connectivity index (χ3v) is 4.37. The molecule has 0 atom stereocenters. The van der Waals surface area contributed by atoms with Gasteiger partial charge in [-0.25, -0.2) is 9.97 Å². The molecule has 0 radical (unpaired) electrons. The van der Waals surface area contributed by atoms with Crippen molar-refractivity contribution in [3.05, 3.63) is 51.8 Å². The molecule has 0 aliphatic heterocycles. The summed E-state index contributed by atoms with van der Waals surface area (Å²) in [5.74, 6) is 0.577. The first kappa shape index (κ1) is 14.2. The van der Waals surface area contributed by atoms with E-state index in [9.17, 15) is 0 Å². The molecule has 0 aliphatic carbocycles. The highest BCUT2D eigenvalue weighted by Gasteiger charge is 2.16. The normalized spacial score (nSPS) is 10.9. The minimum absolute atomic E-state index is 0.391. The maximum Gasteiger partial charge on any atom is 0.164 e. The van der Waals surface area contributed by atoms with Gasteiger partial charge in [0, 0.05) is 18.8 Å². The van der Waals surface area contributed by atoms with Gasteiger partial charge in [0.25, 0.3) is 0 Å². The van der Waals surface area contributed by atoms with Crippen molar-refractivity contribution in [1.82, 2.24) is 19.7 Å². The lowest BCUT2D eigenvalue weighted by atomic mass is 10.1. The van der Waals surface area contributed by atoms with E-state index in [4.69, 9.17) is 11.6 Å². The number of nitrogens with zero attached hydrogens (tertiary/aromatic N) is 4. The fraction of sp³-hybridized carbons (Fsp3) is 0.133. The molecule has 0 bridgehead atoms. The van der Waals surface area contributed by atoms with E-state index >= 15 is 0 Å². The minimum atomic E-state index is 0.391. The van der Waals surface area contributed by atoms with Crippen LogP contribution in [0.2, 0.25) is 5.15 Å². The fourth-order valence-corrected chi connectivity index (χ4v) is 2.72. The first-order valence-corrected chi connectivity index (χ1v) is 7.52. The zero-order valence-electron chi connectivity index (χ0n) is 11.5. The molecule has 4 nitrogen and oxygen atoms in total. The summed E-state index contributed by atoms with van der Waals surface area (Å²) >= 11 is 9.72. The second-order valence-corrected chi connectivity index (χ2v) is 5.82. The Kier molecular flexibility index (Phi) is 3.78. The summed E-state index contributed by atoms with van der Waals surface area (Å²) in [6, 6.07) is 9.87. The van der Waals surface area contributed by atoms with Crippen LogP contribution < -0.4 is 0 Å². The summed E-state index contributed by atoms with van der Waals surface area (Å²) < 4.78 is 2.44. The lowest BCUT2D eigenvalue weighted by molar-refractivity contribution is 0.756. The Morgan fingerprint density at radius 2 is 1.86 bits per heavy atom. The van der Waals surface area contributed by atoms with Gasteiger partial charge in [0.15, 0.2) is 5.82 Å². The van der Waals surface area contributed by atoms with Gasteiger partial charge in [0.1, 0.15) is 5.15 Å². The predicted molar refractivity (Wildman–Crippen MR) is 87.1 cm³/mol. The number of aromatic nitrogens is 4. The Morgan fingerprint density at radius 1 is 1.14 bits per heavy atom. The molecular formula is C15H12BrClN4. The lowest BCUT2D eigenvalue weighted by Gasteiger charge is -2.08. The zero-order valence-corrected chi connectivity index (χ0v) is 13.9. The van der Waals surface area contributed by atoms with Crippen LogP contribution in [0.3, 0.4) is 0 Å². The van der Waals surface area contributed by atoms with Crippen molar-refractivity contribution in [3.8, 4) is 22.6 Å². The quantitative estimate of drug-likeness (QED) is 0.639. The molecule has 3 aromatic rings. The van der Waals surface area contributed by atoms with E-state index in [0.29, 0.717) is 15.5 Å². The topological polar surface area (TPSA) is 43.6 Å².